The molecular weight excluding hydrogens is 360 g/mol. The molecule has 0 saturated carbocycles. The van der Waals surface area contributed by atoms with Gasteiger partial charge in [-0.25, -0.2) is 4.98 Å². The average molecular weight is 381 g/mol. The molecule has 0 unspecified atom stereocenters. The van der Waals surface area contributed by atoms with Gasteiger partial charge in [-0.15, -0.1) is 11.8 Å². The molecule has 1 aliphatic rings. The highest BCUT2D eigenvalue weighted by atomic mass is 32.2. The van der Waals surface area contributed by atoms with E-state index in [4.69, 9.17) is 0 Å². The molecule has 132 valence electrons. The maximum atomic E-state index is 12.8. The Morgan fingerprint density at radius 3 is 2.54 bits per heavy atom. The van der Waals surface area contributed by atoms with Gasteiger partial charge in [0.25, 0.3) is 5.56 Å². The summed E-state index contributed by atoms with van der Waals surface area (Å²) in [7, 11) is 0. The highest BCUT2D eigenvalue weighted by Crippen LogP contribution is 2.42. The zero-order valence-corrected chi connectivity index (χ0v) is 16.4. The number of thioether (sulfide) groups is 2. The maximum absolute atomic E-state index is 12.8. The molecule has 3 aromatic rings. The molecule has 5 heteroatoms. The predicted molar refractivity (Wildman–Crippen MR) is 109 cm³/mol. The summed E-state index contributed by atoms with van der Waals surface area (Å²) in [6.45, 7) is 3.98. The number of hydrogen-bond donors (Lipinski definition) is 0. The fourth-order valence-electron chi connectivity index (χ4n) is 3.26. The summed E-state index contributed by atoms with van der Waals surface area (Å²) in [5.41, 5.74) is 3.23. The van der Waals surface area contributed by atoms with Crippen LogP contribution in [0, 0.1) is 13.8 Å². The van der Waals surface area contributed by atoms with E-state index < -0.39 is 0 Å². The molecule has 1 aliphatic heterocycles. The number of nitrogens with zero attached hydrogens (tertiary/aromatic N) is 2. The SMILES string of the molecule is Cc1ccc(S[C@H]2CSc3nc(C)cc(=O)n3[C@@H]2c2ccccc2)cc1. The molecule has 0 amide bonds. The van der Waals surface area contributed by atoms with Crippen LogP contribution in [-0.4, -0.2) is 20.6 Å². The van der Waals surface area contributed by atoms with Gasteiger partial charge in [0.2, 0.25) is 0 Å². The van der Waals surface area contributed by atoms with Gasteiger partial charge in [-0.1, -0.05) is 59.8 Å². The Balaban J connectivity index is 1.78. The number of rotatable bonds is 3. The van der Waals surface area contributed by atoms with E-state index in [1.54, 1.807) is 17.8 Å². The van der Waals surface area contributed by atoms with Gasteiger partial charge in [0.15, 0.2) is 5.16 Å². The van der Waals surface area contributed by atoms with Crippen LogP contribution in [0.25, 0.3) is 0 Å². The second-order valence-electron chi connectivity index (χ2n) is 6.52. The third-order valence-corrected chi connectivity index (χ3v) is 7.06. The Hall–Kier alpha value is -1.98. The summed E-state index contributed by atoms with van der Waals surface area (Å²) >= 11 is 3.52. The van der Waals surface area contributed by atoms with E-state index in [-0.39, 0.29) is 16.9 Å². The fraction of sp³-hybridized carbons (Fsp3) is 0.238. The van der Waals surface area contributed by atoms with Crippen molar-refractivity contribution >= 4 is 23.5 Å². The van der Waals surface area contributed by atoms with Crippen molar-refractivity contribution < 1.29 is 0 Å². The monoisotopic (exact) mass is 380 g/mol. The van der Waals surface area contributed by atoms with Crippen LogP contribution < -0.4 is 5.56 Å². The first-order chi connectivity index (χ1) is 12.6. The van der Waals surface area contributed by atoms with Crippen LogP contribution in [0.1, 0.15) is 22.9 Å². The van der Waals surface area contributed by atoms with Crippen molar-refractivity contribution in [2.75, 3.05) is 5.75 Å². The minimum atomic E-state index is -0.0145. The van der Waals surface area contributed by atoms with Crippen LogP contribution in [-0.2, 0) is 0 Å². The Morgan fingerprint density at radius 2 is 1.81 bits per heavy atom. The Labute approximate surface area is 161 Å². The van der Waals surface area contributed by atoms with Gasteiger partial charge >= 0.3 is 0 Å². The van der Waals surface area contributed by atoms with Crippen molar-refractivity contribution in [2.45, 2.75) is 35.2 Å². The molecule has 4 rings (SSSR count). The van der Waals surface area contributed by atoms with Gasteiger partial charge in [0.1, 0.15) is 0 Å². The Kier molecular flexibility index (Phi) is 4.92. The van der Waals surface area contributed by atoms with Crippen molar-refractivity contribution in [3.05, 3.63) is 87.8 Å². The Bertz CT molecular complexity index is 968. The molecule has 2 aromatic carbocycles. The van der Waals surface area contributed by atoms with Crippen molar-refractivity contribution in [1.82, 2.24) is 9.55 Å². The zero-order chi connectivity index (χ0) is 18.1. The average Bonchev–Trinajstić information content (AvgIpc) is 2.64. The van der Waals surface area contributed by atoms with Crippen LogP contribution in [0.3, 0.4) is 0 Å². The van der Waals surface area contributed by atoms with Gasteiger partial charge in [-0.05, 0) is 31.5 Å². The van der Waals surface area contributed by atoms with Gasteiger partial charge in [-0.2, -0.15) is 0 Å². The van der Waals surface area contributed by atoms with Crippen molar-refractivity contribution in [3.63, 3.8) is 0 Å². The summed E-state index contributed by atoms with van der Waals surface area (Å²) in [5, 5.41) is 1.09. The summed E-state index contributed by atoms with van der Waals surface area (Å²) in [4.78, 5) is 18.7. The molecule has 2 atom stereocenters. The lowest BCUT2D eigenvalue weighted by atomic mass is 10.0. The van der Waals surface area contributed by atoms with E-state index in [1.165, 1.54) is 10.5 Å². The van der Waals surface area contributed by atoms with E-state index in [0.717, 1.165) is 22.2 Å². The highest BCUT2D eigenvalue weighted by molar-refractivity contribution is 8.03. The second-order valence-corrected chi connectivity index (χ2v) is 8.82. The van der Waals surface area contributed by atoms with Crippen LogP contribution >= 0.6 is 23.5 Å². The molecule has 0 radical (unpaired) electrons. The largest absolute Gasteiger partial charge is 0.279 e. The quantitative estimate of drug-likeness (QED) is 0.616. The first kappa shape index (κ1) is 17.4. The molecule has 2 heterocycles. The summed E-state index contributed by atoms with van der Waals surface area (Å²) in [6, 6.07) is 20.5. The number of benzene rings is 2. The fourth-order valence-corrected chi connectivity index (χ4v) is 5.83. The number of hydrogen-bond acceptors (Lipinski definition) is 4. The number of aryl methyl sites for hydroxylation is 2. The summed E-state index contributed by atoms with van der Waals surface area (Å²) in [6.07, 6.45) is 0. The normalized spacial score (nSPS) is 19.2. The standard InChI is InChI=1S/C21H20N2OS2/c1-14-8-10-17(11-9-14)26-18-13-25-21-22-15(2)12-19(24)23(21)20(18)16-6-4-3-5-7-16/h3-12,18,20H,13H2,1-2H3/t18-,20+/m0/s1. The predicted octanol–water partition coefficient (Wildman–Crippen LogP) is 4.72. The minimum absolute atomic E-state index is 0.0145. The zero-order valence-electron chi connectivity index (χ0n) is 14.8. The van der Waals surface area contributed by atoms with Crippen LogP contribution in [0.2, 0.25) is 0 Å². The van der Waals surface area contributed by atoms with Crippen LogP contribution in [0.15, 0.2) is 75.5 Å². The molecule has 0 N–H and O–H groups in total. The molecule has 0 aliphatic carbocycles. The topological polar surface area (TPSA) is 34.9 Å². The first-order valence-corrected chi connectivity index (χ1v) is 10.5. The summed E-state index contributed by atoms with van der Waals surface area (Å²) in [5.74, 6) is 0.925. The van der Waals surface area contributed by atoms with E-state index >= 15 is 0 Å². The van der Waals surface area contributed by atoms with Crippen molar-refractivity contribution in [2.24, 2.45) is 0 Å². The van der Waals surface area contributed by atoms with Crippen molar-refractivity contribution in [3.8, 4) is 0 Å². The molecule has 26 heavy (non-hydrogen) atoms. The second kappa shape index (κ2) is 7.33. The lowest BCUT2D eigenvalue weighted by molar-refractivity contribution is 0.488. The number of aromatic nitrogens is 2. The maximum Gasteiger partial charge on any atom is 0.254 e. The smallest absolute Gasteiger partial charge is 0.254 e. The van der Waals surface area contributed by atoms with Crippen LogP contribution in [0.5, 0.6) is 0 Å². The third-order valence-electron chi connectivity index (χ3n) is 4.50. The van der Waals surface area contributed by atoms with Gasteiger partial charge < -0.3 is 0 Å². The minimum Gasteiger partial charge on any atom is -0.279 e. The van der Waals surface area contributed by atoms with Gasteiger partial charge in [-0.3, -0.25) is 9.36 Å². The van der Waals surface area contributed by atoms with Gasteiger partial charge in [0.05, 0.1) is 6.04 Å². The third kappa shape index (κ3) is 3.46. The summed E-state index contributed by atoms with van der Waals surface area (Å²) < 4.78 is 1.88. The van der Waals surface area contributed by atoms with E-state index in [0.29, 0.717) is 0 Å². The molecule has 0 fully saturated rings. The lowest BCUT2D eigenvalue weighted by Crippen LogP contribution is -2.38. The van der Waals surface area contributed by atoms with Gasteiger partial charge in [0, 0.05) is 27.7 Å². The number of fused-ring (bicyclic) bond motifs is 1. The first-order valence-electron chi connectivity index (χ1n) is 8.63. The molecule has 1 aromatic heterocycles. The molecule has 0 saturated heterocycles. The molecule has 3 nitrogen and oxygen atoms in total. The Morgan fingerprint density at radius 1 is 1.08 bits per heavy atom. The molecular formula is C21H20N2OS2. The van der Waals surface area contributed by atoms with E-state index in [9.17, 15) is 4.79 Å². The molecule has 0 spiro atoms. The van der Waals surface area contributed by atoms with E-state index in [1.807, 2.05) is 41.5 Å². The highest BCUT2D eigenvalue weighted by Gasteiger charge is 2.33. The van der Waals surface area contributed by atoms with E-state index in [2.05, 4.69) is 48.3 Å². The van der Waals surface area contributed by atoms with Crippen molar-refractivity contribution in [1.29, 1.82) is 0 Å². The van der Waals surface area contributed by atoms with Crippen LogP contribution in [0.4, 0.5) is 0 Å². The molecule has 0 bridgehead atoms. The lowest BCUT2D eigenvalue weighted by Gasteiger charge is -2.34.